The number of rotatable bonds is 4. The molecule has 26 heavy (non-hydrogen) atoms. The molecule has 0 saturated carbocycles. The number of fused-ring (bicyclic) bond motifs is 1. The summed E-state index contributed by atoms with van der Waals surface area (Å²) in [4.78, 5) is 14.9. The standard InChI is InChI=1S/C18H24N6O2/c25-18(15-1-5-20-21-10-15)19-9-14-11-23(16-3-7-26-8-4-16)13-17-2-6-22-24(17)12-14/h1-2,5-6,10,14,16H,3-4,7-9,11-13H2,(H,19,25). The Morgan fingerprint density at radius 1 is 1.19 bits per heavy atom. The lowest BCUT2D eigenvalue weighted by Gasteiger charge is -2.34. The summed E-state index contributed by atoms with van der Waals surface area (Å²) in [5, 5.41) is 15.0. The average molecular weight is 356 g/mol. The molecule has 0 bridgehead atoms. The third kappa shape index (κ3) is 3.91. The summed E-state index contributed by atoms with van der Waals surface area (Å²) in [6.45, 7) is 4.94. The molecule has 0 spiro atoms. The van der Waals surface area contributed by atoms with Gasteiger partial charge in [0, 0.05) is 57.5 Å². The number of amides is 1. The number of carbonyl (C=O) groups is 1. The molecule has 1 fully saturated rings. The fourth-order valence-electron chi connectivity index (χ4n) is 3.79. The summed E-state index contributed by atoms with van der Waals surface area (Å²) >= 11 is 0. The van der Waals surface area contributed by atoms with Crippen molar-refractivity contribution in [3.8, 4) is 0 Å². The highest BCUT2D eigenvalue weighted by atomic mass is 16.5. The van der Waals surface area contributed by atoms with Crippen molar-refractivity contribution in [2.24, 2.45) is 5.92 Å². The van der Waals surface area contributed by atoms with E-state index in [1.165, 1.54) is 18.1 Å². The first-order chi connectivity index (χ1) is 12.8. The van der Waals surface area contributed by atoms with Crippen molar-refractivity contribution in [3.05, 3.63) is 42.0 Å². The third-order valence-electron chi connectivity index (χ3n) is 5.20. The molecule has 4 heterocycles. The van der Waals surface area contributed by atoms with Gasteiger partial charge >= 0.3 is 0 Å². The van der Waals surface area contributed by atoms with E-state index in [1.54, 1.807) is 6.07 Å². The maximum absolute atomic E-state index is 12.3. The second-order valence-corrected chi connectivity index (χ2v) is 6.98. The van der Waals surface area contributed by atoms with Crippen LogP contribution in [0.2, 0.25) is 0 Å². The van der Waals surface area contributed by atoms with Gasteiger partial charge in [-0.2, -0.15) is 15.3 Å². The molecule has 0 aliphatic carbocycles. The zero-order valence-corrected chi connectivity index (χ0v) is 14.8. The van der Waals surface area contributed by atoms with Crippen LogP contribution in [0.4, 0.5) is 0 Å². The van der Waals surface area contributed by atoms with Crippen molar-refractivity contribution >= 4 is 5.91 Å². The SMILES string of the molecule is O=C(NCC1CN(C2CCOCC2)Cc2ccnn2C1)c1ccnnc1. The number of hydrogen-bond acceptors (Lipinski definition) is 6. The first-order valence-electron chi connectivity index (χ1n) is 9.17. The molecule has 8 heteroatoms. The van der Waals surface area contributed by atoms with Gasteiger partial charge in [-0.05, 0) is 25.0 Å². The van der Waals surface area contributed by atoms with E-state index in [0.29, 0.717) is 24.1 Å². The van der Waals surface area contributed by atoms with E-state index in [9.17, 15) is 4.79 Å². The minimum absolute atomic E-state index is 0.109. The topological polar surface area (TPSA) is 85.2 Å². The van der Waals surface area contributed by atoms with Crippen LogP contribution in [0.5, 0.6) is 0 Å². The van der Waals surface area contributed by atoms with Gasteiger partial charge in [-0.25, -0.2) is 0 Å². The Kier molecular flexibility index (Phi) is 5.21. The molecule has 138 valence electrons. The van der Waals surface area contributed by atoms with Gasteiger partial charge in [0.25, 0.3) is 5.91 Å². The second kappa shape index (κ2) is 7.92. The van der Waals surface area contributed by atoms with E-state index in [1.807, 2.05) is 6.20 Å². The Balaban J connectivity index is 1.43. The molecule has 0 radical (unpaired) electrons. The zero-order valence-electron chi connectivity index (χ0n) is 14.8. The Hall–Kier alpha value is -2.32. The molecule has 2 aromatic rings. The van der Waals surface area contributed by atoms with Crippen LogP contribution in [-0.4, -0.2) is 63.1 Å². The van der Waals surface area contributed by atoms with Crippen LogP contribution >= 0.6 is 0 Å². The first-order valence-corrected chi connectivity index (χ1v) is 9.17. The van der Waals surface area contributed by atoms with Gasteiger partial charge in [0.1, 0.15) is 0 Å². The van der Waals surface area contributed by atoms with Crippen molar-refractivity contribution < 1.29 is 9.53 Å². The maximum Gasteiger partial charge on any atom is 0.252 e. The molecule has 1 unspecified atom stereocenters. The van der Waals surface area contributed by atoms with E-state index >= 15 is 0 Å². The molecule has 2 aliphatic rings. The van der Waals surface area contributed by atoms with E-state index in [-0.39, 0.29) is 5.91 Å². The predicted octanol–water partition coefficient (Wildman–Crippen LogP) is 0.714. The van der Waals surface area contributed by atoms with Crippen molar-refractivity contribution in [3.63, 3.8) is 0 Å². The van der Waals surface area contributed by atoms with Gasteiger partial charge in [-0.1, -0.05) is 0 Å². The summed E-state index contributed by atoms with van der Waals surface area (Å²) in [6, 6.07) is 4.30. The van der Waals surface area contributed by atoms with E-state index in [4.69, 9.17) is 4.74 Å². The molecule has 8 nitrogen and oxygen atoms in total. The van der Waals surface area contributed by atoms with Gasteiger partial charge in [0.05, 0.1) is 23.7 Å². The molecule has 1 atom stereocenters. The summed E-state index contributed by atoms with van der Waals surface area (Å²) in [6.07, 6.45) is 7.01. The van der Waals surface area contributed by atoms with Gasteiger partial charge in [0.15, 0.2) is 0 Å². The molecule has 4 rings (SSSR count). The largest absolute Gasteiger partial charge is 0.381 e. The number of carbonyl (C=O) groups excluding carboxylic acids is 1. The summed E-state index contributed by atoms with van der Waals surface area (Å²) < 4.78 is 7.59. The van der Waals surface area contributed by atoms with Crippen molar-refractivity contribution in [2.75, 3.05) is 26.3 Å². The fraction of sp³-hybridized carbons (Fsp3) is 0.556. The molecular weight excluding hydrogens is 332 g/mol. The molecule has 2 aromatic heterocycles. The predicted molar refractivity (Wildman–Crippen MR) is 94.3 cm³/mol. The van der Waals surface area contributed by atoms with Crippen molar-refractivity contribution in [2.45, 2.75) is 32.0 Å². The molecule has 2 aliphatic heterocycles. The highest BCUT2D eigenvalue weighted by Crippen LogP contribution is 2.22. The number of nitrogens with zero attached hydrogens (tertiary/aromatic N) is 5. The zero-order chi connectivity index (χ0) is 17.8. The summed E-state index contributed by atoms with van der Waals surface area (Å²) in [7, 11) is 0. The molecule has 1 saturated heterocycles. The lowest BCUT2D eigenvalue weighted by atomic mass is 10.0. The highest BCUT2D eigenvalue weighted by molar-refractivity contribution is 5.93. The number of aromatic nitrogens is 4. The number of nitrogens with one attached hydrogen (secondary N) is 1. The van der Waals surface area contributed by atoms with Crippen LogP contribution in [-0.2, 0) is 17.8 Å². The average Bonchev–Trinajstić information content (AvgIpc) is 3.05. The third-order valence-corrected chi connectivity index (χ3v) is 5.20. The summed E-state index contributed by atoms with van der Waals surface area (Å²) in [5.74, 6) is 0.195. The first kappa shape index (κ1) is 17.1. The minimum atomic E-state index is -0.109. The number of ether oxygens (including phenoxy) is 1. The monoisotopic (exact) mass is 356 g/mol. The normalized spacial score (nSPS) is 21.8. The smallest absolute Gasteiger partial charge is 0.252 e. The Labute approximate surface area is 152 Å². The Morgan fingerprint density at radius 3 is 2.88 bits per heavy atom. The molecule has 0 aromatic carbocycles. The molecule has 1 amide bonds. The van der Waals surface area contributed by atoms with Gasteiger partial charge in [-0.3, -0.25) is 14.4 Å². The number of hydrogen-bond donors (Lipinski definition) is 1. The lowest BCUT2D eigenvalue weighted by molar-refractivity contribution is 0.0264. The van der Waals surface area contributed by atoms with Crippen LogP contribution in [0, 0.1) is 5.92 Å². The van der Waals surface area contributed by atoms with Gasteiger partial charge < -0.3 is 10.1 Å². The summed E-state index contributed by atoms with van der Waals surface area (Å²) in [5.41, 5.74) is 1.78. The van der Waals surface area contributed by atoms with Crippen LogP contribution in [0.15, 0.2) is 30.7 Å². The van der Waals surface area contributed by atoms with Crippen LogP contribution in [0.3, 0.4) is 0 Å². The Morgan fingerprint density at radius 2 is 2.08 bits per heavy atom. The van der Waals surface area contributed by atoms with Crippen LogP contribution in [0.1, 0.15) is 28.9 Å². The molecular formula is C18H24N6O2. The quantitative estimate of drug-likeness (QED) is 0.869. The van der Waals surface area contributed by atoms with Crippen LogP contribution in [0.25, 0.3) is 0 Å². The minimum Gasteiger partial charge on any atom is -0.381 e. The van der Waals surface area contributed by atoms with E-state index in [2.05, 4.69) is 36.3 Å². The van der Waals surface area contributed by atoms with Crippen molar-refractivity contribution in [1.82, 2.24) is 30.2 Å². The second-order valence-electron chi connectivity index (χ2n) is 6.98. The van der Waals surface area contributed by atoms with E-state index < -0.39 is 0 Å². The Bertz CT molecular complexity index is 728. The van der Waals surface area contributed by atoms with Crippen LogP contribution < -0.4 is 5.32 Å². The van der Waals surface area contributed by atoms with E-state index in [0.717, 1.165) is 45.7 Å². The fourth-order valence-corrected chi connectivity index (χ4v) is 3.79. The van der Waals surface area contributed by atoms with Crippen molar-refractivity contribution in [1.29, 1.82) is 0 Å². The maximum atomic E-state index is 12.3. The highest BCUT2D eigenvalue weighted by Gasteiger charge is 2.28. The molecule has 1 N–H and O–H groups in total. The van der Waals surface area contributed by atoms with Gasteiger partial charge in [0.2, 0.25) is 0 Å². The lowest BCUT2D eigenvalue weighted by Crippen LogP contribution is -2.43. The van der Waals surface area contributed by atoms with Gasteiger partial charge in [-0.15, -0.1) is 0 Å².